The van der Waals surface area contributed by atoms with E-state index in [0.717, 1.165) is 13.0 Å². The Morgan fingerprint density at radius 3 is 3.22 bits per heavy atom. The average molecular weight is 244 g/mol. The van der Waals surface area contributed by atoms with Crippen LogP contribution in [0.15, 0.2) is 29.3 Å². The first-order valence-corrected chi connectivity index (χ1v) is 6.39. The Morgan fingerprint density at radius 1 is 1.44 bits per heavy atom. The zero-order valence-electron chi connectivity index (χ0n) is 10.2. The molecule has 2 aromatic heterocycles. The van der Waals surface area contributed by atoms with Gasteiger partial charge in [0.15, 0.2) is 0 Å². The summed E-state index contributed by atoms with van der Waals surface area (Å²) in [6.07, 6.45) is 6.90. The Balaban J connectivity index is 1.92. The lowest BCUT2D eigenvalue weighted by Crippen LogP contribution is -2.40. The highest BCUT2D eigenvalue weighted by atomic mass is 16.1. The average Bonchev–Trinajstić information content (AvgIpc) is 2.43. The summed E-state index contributed by atoms with van der Waals surface area (Å²) in [5.74, 6) is 0. The molecule has 94 valence electrons. The Labute approximate surface area is 105 Å². The molecule has 0 aromatic carbocycles. The van der Waals surface area contributed by atoms with E-state index in [4.69, 9.17) is 0 Å². The summed E-state index contributed by atoms with van der Waals surface area (Å²) in [6, 6.07) is 3.95. The van der Waals surface area contributed by atoms with Crippen molar-refractivity contribution in [3.05, 3.63) is 34.9 Å². The van der Waals surface area contributed by atoms with Crippen LogP contribution >= 0.6 is 0 Å². The predicted molar refractivity (Wildman–Crippen MR) is 69.4 cm³/mol. The van der Waals surface area contributed by atoms with Crippen molar-refractivity contribution >= 4 is 10.9 Å². The minimum absolute atomic E-state index is 0.0482. The first kappa shape index (κ1) is 11.3. The van der Waals surface area contributed by atoms with Crippen molar-refractivity contribution in [2.24, 2.45) is 0 Å². The molecule has 1 aliphatic rings. The zero-order valence-corrected chi connectivity index (χ0v) is 10.2. The first-order chi connectivity index (χ1) is 8.84. The van der Waals surface area contributed by atoms with Crippen molar-refractivity contribution in [2.45, 2.75) is 31.8 Å². The second kappa shape index (κ2) is 4.86. The van der Waals surface area contributed by atoms with Crippen LogP contribution in [0.1, 0.15) is 19.3 Å². The number of hydrogen-bond acceptors (Lipinski definition) is 4. The Bertz CT molecular complexity index is 601. The summed E-state index contributed by atoms with van der Waals surface area (Å²) in [7, 11) is 0. The van der Waals surface area contributed by atoms with Gasteiger partial charge in [0.1, 0.15) is 0 Å². The van der Waals surface area contributed by atoms with Gasteiger partial charge in [0.25, 0.3) is 5.56 Å². The van der Waals surface area contributed by atoms with Gasteiger partial charge in [-0.25, -0.2) is 4.68 Å². The van der Waals surface area contributed by atoms with Crippen LogP contribution in [0.25, 0.3) is 10.9 Å². The molecule has 1 saturated heterocycles. The maximum absolute atomic E-state index is 12.2. The third-order valence-corrected chi connectivity index (χ3v) is 3.43. The SMILES string of the molecule is O=c1c2cccnc2cnn1C[C@@H]1CCCCN1. The molecule has 1 N–H and O–H groups in total. The van der Waals surface area contributed by atoms with Crippen LogP contribution in [0.5, 0.6) is 0 Å². The summed E-state index contributed by atoms with van der Waals surface area (Å²) in [5, 5.41) is 8.27. The number of pyridine rings is 1. The van der Waals surface area contributed by atoms with Gasteiger partial charge in [0.05, 0.1) is 23.6 Å². The molecule has 0 amide bonds. The number of hydrogen-bond donors (Lipinski definition) is 1. The number of aromatic nitrogens is 3. The number of nitrogens with zero attached hydrogens (tertiary/aromatic N) is 3. The molecular weight excluding hydrogens is 228 g/mol. The summed E-state index contributed by atoms with van der Waals surface area (Å²) in [6.45, 7) is 1.68. The highest BCUT2D eigenvalue weighted by molar-refractivity contribution is 5.75. The van der Waals surface area contributed by atoms with Crippen molar-refractivity contribution in [2.75, 3.05) is 6.54 Å². The quantitative estimate of drug-likeness (QED) is 0.854. The second-order valence-corrected chi connectivity index (χ2v) is 4.71. The third-order valence-electron chi connectivity index (χ3n) is 3.43. The van der Waals surface area contributed by atoms with E-state index in [1.165, 1.54) is 12.8 Å². The molecule has 3 heterocycles. The fraction of sp³-hybridized carbons (Fsp3) is 0.462. The van der Waals surface area contributed by atoms with E-state index < -0.39 is 0 Å². The van der Waals surface area contributed by atoms with Crippen molar-refractivity contribution in [1.82, 2.24) is 20.1 Å². The van der Waals surface area contributed by atoms with E-state index in [0.29, 0.717) is 23.5 Å². The number of piperidine rings is 1. The van der Waals surface area contributed by atoms with Gasteiger partial charge in [-0.1, -0.05) is 6.42 Å². The molecule has 5 nitrogen and oxygen atoms in total. The highest BCUT2D eigenvalue weighted by Gasteiger charge is 2.14. The Morgan fingerprint density at radius 2 is 2.39 bits per heavy atom. The van der Waals surface area contributed by atoms with E-state index >= 15 is 0 Å². The van der Waals surface area contributed by atoms with E-state index in [1.54, 1.807) is 29.2 Å². The van der Waals surface area contributed by atoms with E-state index in [1.807, 2.05) is 0 Å². The lowest BCUT2D eigenvalue weighted by atomic mass is 10.1. The lowest BCUT2D eigenvalue weighted by Gasteiger charge is -2.23. The number of nitrogens with one attached hydrogen (secondary N) is 1. The fourth-order valence-corrected chi connectivity index (χ4v) is 2.44. The molecule has 0 aliphatic carbocycles. The standard InChI is InChI=1S/C13H16N4O/c18-13-11-5-3-7-15-12(11)8-16-17(13)9-10-4-1-2-6-14-10/h3,5,7-8,10,14H,1-2,4,6,9H2/t10-/m0/s1. The minimum atomic E-state index is -0.0482. The molecule has 2 aromatic rings. The van der Waals surface area contributed by atoms with Crippen LogP contribution in [0.4, 0.5) is 0 Å². The third kappa shape index (κ3) is 2.13. The maximum atomic E-state index is 12.2. The van der Waals surface area contributed by atoms with Gasteiger partial charge in [-0.05, 0) is 31.5 Å². The van der Waals surface area contributed by atoms with Crippen LogP contribution in [0, 0.1) is 0 Å². The molecule has 1 atom stereocenters. The van der Waals surface area contributed by atoms with Crippen LogP contribution in [0.2, 0.25) is 0 Å². The van der Waals surface area contributed by atoms with Gasteiger partial charge >= 0.3 is 0 Å². The largest absolute Gasteiger partial charge is 0.312 e. The number of rotatable bonds is 2. The van der Waals surface area contributed by atoms with Gasteiger partial charge < -0.3 is 5.32 Å². The molecule has 0 radical (unpaired) electrons. The maximum Gasteiger partial charge on any atom is 0.276 e. The molecular formula is C13H16N4O. The van der Waals surface area contributed by atoms with Crippen molar-refractivity contribution in [1.29, 1.82) is 0 Å². The van der Waals surface area contributed by atoms with Crippen LogP contribution in [0.3, 0.4) is 0 Å². The lowest BCUT2D eigenvalue weighted by molar-refractivity contribution is 0.346. The molecule has 0 spiro atoms. The molecule has 0 bridgehead atoms. The van der Waals surface area contributed by atoms with Crippen LogP contribution in [-0.2, 0) is 6.54 Å². The van der Waals surface area contributed by atoms with Gasteiger partial charge in [-0.15, -0.1) is 0 Å². The minimum Gasteiger partial charge on any atom is -0.312 e. The molecule has 5 heteroatoms. The van der Waals surface area contributed by atoms with Gasteiger partial charge in [-0.3, -0.25) is 9.78 Å². The zero-order chi connectivity index (χ0) is 12.4. The van der Waals surface area contributed by atoms with Crippen molar-refractivity contribution < 1.29 is 0 Å². The van der Waals surface area contributed by atoms with Crippen LogP contribution in [-0.4, -0.2) is 27.4 Å². The molecule has 0 unspecified atom stereocenters. The van der Waals surface area contributed by atoms with Gasteiger partial charge in [-0.2, -0.15) is 5.10 Å². The highest BCUT2D eigenvalue weighted by Crippen LogP contribution is 2.08. The molecule has 0 saturated carbocycles. The van der Waals surface area contributed by atoms with Crippen molar-refractivity contribution in [3.8, 4) is 0 Å². The molecule has 1 aliphatic heterocycles. The summed E-state index contributed by atoms with van der Waals surface area (Å²) in [5.41, 5.74) is 0.614. The van der Waals surface area contributed by atoms with Crippen molar-refractivity contribution in [3.63, 3.8) is 0 Å². The topological polar surface area (TPSA) is 59.8 Å². The second-order valence-electron chi connectivity index (χ2n) is 4.71. The Hall–Kier alpha value is -1.75. The van der Waals surface area contributed by atoms with E-state index in [2.05, 4.69) is 15.4 Å². The predicted octanol–water partition coefficient (Wildman–Crippen LogP) is 0.934. The summed E-state index contributed by atoms with van der Waals surface area (Å²) in [4.78, 5) is 16.4. The molecule has 3 rings (SSSR count). The van der Waals surface area contributed by atoms with E-state index in [9.17, 15) is 4.79 Å². The monoisotopic (exact) mass is 244 g/mol. The smallest absolute Gasteiger partial charge is 0.276 e. The fourth-order valence-electron chi connectivity index (χ4n) is 2.44. The van der Waals surface area contributed by atoms with E-state index in [-0.39, 0.29) is 5.56 Å². The molecule has 1 fully saturated rings. The molecule has 18 heavy (non-hydrogen) atoms. The van der Waals surface area contributed by atoms with Crippen LogP contribution < -0.4 is 10.9 Å². The van der Waals surface area contributed by atoms with Gasteiger partial charge in [0, 0.05) is 12.2 Å². The first-order valence-electron chi connectivity index (χ1n) is 6.39. The normalized spacial score (nSPS) is 20.1. The summed E-state index contributed by atoms with van der Waals surface area (Å²) >= 11 is 0. The Kier molecular flexibility index (Phi) is 3.06. The summed E-state index contributed by atoms with van der Waals surface area (Å²) < 4.78 is 1.55. The van der Waals surface area contributed by atoms with Gasteiger partial charge in [0.2, 0.25) is 0 Å². The number of fused-ring (bicyclic) bond motifs is 1.